The van der Waals surface area contributed by atoms with Gasteiger partial charge in [-0.05, 0) is 49.8 Å². The molecule has 5 nitrogen and oxygen atoms in total. The Morgan fingerprint density at radius 3 is 2.71 bits per heavy atom. The van der Waals surface area contributed by atoms with Crippen molar-refractivity contribution < 1.29 is 4.79 Å². The second-order valence-electron chi connectivity index (χ2n) is 7.36. The number of thioether (sulfide) groups is 1. The number of nitrogens with zero attached hydrogens (tertiary/aromatic N) is 3. The minimum Gasteiger partial charge on any atom is -0.348 e. The van der Waals surface area contributed by atoms with Gasteiger partial charge in [0.15, 0.2) is 5.16 Å². The maximum Gasteiger partial charge on any atom is 0.230 e. The van der Waals surface area contributed by atoms with E-state index in [4.69, 9.17) is 0 Å². The number of amides is 1. The Morgan fingerprint density at radius 1 is 1.21 bits per heavy atom. The van der Waals surface area contributed by atoms with Gasteiger partial charge in [0.25, 0.3) is 0 Å². The summed E-state index contributed by atoms with van der Waals surface area (Å²) in [6.45, 7) is 4.15. The van der Waals surface area contributed by atoms with Crippen LogP contribution in [-0.2, 0) is 4.79 Å². The summed E-state index contributed by atoms with van der Waals surface area (Å²) in [5.41, 5.74) is 4.60. The summed E-state index contributed by atoms with van der Waals surface area (Å²) in [5, 5.41) is 12.2. The van der Waals surface area contributed by atoms with Crippen LogP contribution in [0.15, 0.2) is 60.0 Å². The zero-order chi connectivity index (χ0) is 19.5. The highest BCUT2D eigenvalue weighted by Gasteiger charge is 2.33. The predicted octanol–water partition coefficient (Wildman–Crippen LogP) is 4.24. The monoisotopic (exact) mass is 392 g/mol. The summed E-state index contributed by atoms with van der Waals surface area (Å²) in [5.74, 6) is 0.899. The van der Waals surface area contributed by atoms with E-state index in [1.54, 1.807) is 6.33 Å². The number of aromatic nitrogens is 3. The van der Waals surface area contributed by atoms with Crippen LogP contribution < -0.4 is 5.32 Å². The standard InChI is InChI=1S/C22H24N4OS/c1-15-8-11-19(16(2)12-15)26-14-23-25-22(26)28-13-20(27)24-21(18-9-10-18)17-6-4-3-5-7-17/h3-8,11-12,14,18,21H,9-10,13H2,1-2H3,(H,24,27). The molecule has 0 saturated heterocycles. The first-order valence-corrected chi connectivity index (χ1v) is 10.5. The number of nitrogens with one attached hydrogen (secondary N) is 1. The summed E-state index contributed by atoms with van der Waals surface area (Å²) in [6.07, 6.45) is 4.05. The van der Waals surface area contributed by atoms with Crippen LogP contribution in [0.4, 0.5) is 0 Å². The molecule has 1 aliphatic rings. The van der Waals surface area contributed by atoms with Crippen molar-refractivity contribution in [1.82, 2.24) is 20.1 Å². The number of carbonyl (C=O) groups excluding carboxylic acids is 1. The Kier molecular flexibility index (Phi) is 5.48. The predicted molar refractivity (Wildman–Crippen MR) is 112 cm³/mol. The highest BCUT2D eigenvalue weighted by atomic mass is 32.2. The summed E-state index contributed by atoms with van der Waals surface area (Å²) in [7, 11) is 0. The number of hydrogen-bond donors (Lipinski definition) is 1. The molecule has 0 bridgehead atoms. The maximum absolute atomic E-state index is 12.6. The van der Waals surface area contributed by atoms with Crippen molar-refractivity contribution in [2.45, 2.75) is 37.9 Å². The van der Waals surface area contributed by atoms with Crippen LogP contribution in [0, 0.1) is 19.8 Å². The number of hydrogen-bond acceptors (Lipinski definition) is 4. The molecule has 1 fully saturated rings. The highest BCUT2D eigenvalue weighted by molar-refractivity contribution is 7.99. The van der Waals surface area contributed by atoms with Crippen LogP contribution in [0.3, 0.4) is 0 Å². The molecule has 1 amide bonds. The molecule has 1 N–H and O–H groups in total. The van der Waals surface area contributed by atoms with Crippen molar-refractivity contribution in [3.05, 3.63) is 71.5 Å². The van der Waals surface area contributed by atoms with E-state index in [2.05, 4.69) is 59.7 Å². The molecule has 4 rings (SSSR count). The molecule has 144 valence electrons. The third-order valence-corrected chi connectivity index (χ3v) is 5.97. The summed E-state index contributed by atoms with van der Waals surface area (Å²) >= 11 is 1.42. The van der Waals surface area contributed by atoms with Crippen LogP contribution in [0.5, 0.6) is 0 Å². The van der Waals surface area contributed by atoms with Crippen molar-refractivity contribution in [3.8, 4) is 5.69 Å². The zero-order valence-corrected chi connectivity index (χ0v) is 16.9. The summed E-state index contributed by atoms with van der Waals surface area (Å²) in [6, 6.07) is 16.6. The van der Waals surface area contributed by atoms with E-state index < -0.39 is 0 Å². The molecule has 1 unspecified atom stereocenters. The molecular weight excluding hydrogens is 368 g/mol. The van der Waals surface area contributed by atoms with Gasteiger partial charge >= 0.3 is 0 Å². The maximum atomic E-state index is 12.6. The SMILES string of the molecule is Cc1ccc(-n2cnnc2SCC(=O)NC(c2ccccc2)C2CC2)c(C)c1. The second-order valence-corrected chi connectivity index (χ2v) is 8.30. The van der Waals surface area contributed by atoms with Crippen LogP contribution in [0.25, 0.3) is 5.69 Å². The third-order valence-electron chi connectivity index (χ3n) is 5.03. The molecule has 0 aliphatic heterocycles. The lowest BCUT2D eigenvalue weighted by atomic mass is 10.0. The Hall–Kier alpha value is -2.60. The normalized spacial score (nSPS) is 14.6. The van der Waals surface area contributed by atoms with Gasteiger partial charge in [-0.25, -0.2) is 0 Å². The first kappa shape index (κ1) is 18.7. The van der Waals surface area contributed by atoms with Crippen LogP contribution >= 0.6 is 11.8 Å². The van der Waals surface area contributed by atoms with Gasteiger partial charge in [-0.1, -0.05) is 59.8 Å². The minimum atomic E-state index is 0.0286. The van der Waals surface area contributed by atoms with Crippen molar-refractivity contribution in [1.29, 1.82) is 0 Å². The first-order chi connectivity index (χ1) is 13.6. The second kappa shape index (κ2) is 8.19. The van der Waals surface area contributed by atoms with Gasteiger partial charge in [0.05, 0.1) is 17.5 Å². The first-order valence-electron chi connectivity index (χ1n) is 9.56. The molecule has 1 atom stereocenters. The van der Waals surface area contributed by atoms with Gasteiger partial charge in [0.2, 0.25) is 5.91 Å². The number of rotatable bonds is 7. The van der Waals surface area contributed by atoms with Crippen molar-refractivity contribution in [2.75, 3.05) is 5.75 Å². The lowest BCUT2D eigenvalue weighted by molar-refractivity contribution is -0.119. The molecule has 1 saturated carbocycles. The van der Waals surface area contributed by atoms with Gasteiger partial charge in [0.1, 0.15) is 6.33 Å². The highest BCUT2D eigenvalue weighted by Crippen LogP contribution is 2.41. The Labute approximate surface area is 169 Å². The molecule has 1 heterocycles. The quantitative estimate of drug-likeness (QED) is 0.611. The van der Waals surface area contributed by atoms with E-state index >= 15 is 0 Å². The summed E-state index contributed by atoms with van der Waals surface area (Å²) < 4.78 is 1.95. The van der Waals surface area contributed by atoms with Gasteiger partial charge in [-0.2, -0.15) is 0 Å². The molecular formula is C22H24N4OS. The lowest BCUT2D eigenvalue weighted by Gasteiger charge is -2.18. The Bertz CT molecular complexity index is 966. The molecule has 28 heavy (non-hydrogen) atoms. The molecule has 3 aromatic rings. The van der Waals surface area contributed by atoms with Crippen molar-refractivity contribution in [2.24, 2.45) is 5.92 Å². The molecule has 0 radical (unpaired) electrons. The van der Waals surface area contributed by atoms with E-state index in [1.165, 1.54) is 35.7 Å². The van der Waals surface area contributed by atoms with E-state index in [1.807, 2.05) is 22.8 Å². The average molecular weight is 393 g/mol. The molecule has 1 aromatic heterocycles. The smallest absolute Gasteiger partial charge is 0.230 e. The molecule has 2 aromatic carbocycles. The molecule has 6 heteroatoms. The fourth-order valence-corrected chi connectivity index (χ4v) is 4.21. The van der Waals surface area contributed by atoms with E-state index in [-0.39, 0.29) is 11.9 Å². The fraction of sp³-hybridized carbons (Fsp3) is 0.318. The van der Waals surface area contributed by atoms with Crippen LogP contribution in [0.2, 0.25) is 0 Å². The largest absolute Gasteiger partial charge is 0.348 e. The fourth-order valence-electron chi connectivity index (χ4n) is 3.47. The van der Waals surface area contributed by atoms with Crippen LogP contribution in [-0.4, -0.2) is 26.4 Å². The van der Waals surface area contributed by atoms with E-state index in [0.717, 1.165) is 16.4 Å². The van der Waals surface area contributed by atoms with Crippen LogP contribution in [0.1, 0.15) is 35.6 Å². The lowest BCUT2D eigenvalue weighted by Crippen LogP contribution is -2.31. The van der Waals surface area contributed by atoms with E-state index in [0.29, 0.717) is 11.7 Å². The van der Waals surface area contributed by atoms with E-state index in [9.17, 15) is 4.79 Å². The number of carbonyl (C=O) groups is 1. The summed E-state index contributed by atoms with van der Waals surface area (Å²) in [4.78, 5) is 12.6. The Balaban J connectivity index is 1.42. The Morgan fingerprint density at radius 2 is 2.00 bits per heavy atom. The molecule has 0 spiro atoms. The van der Waals surface area contributed by atoms with Crippen molar-refractivity contribution in [3.63, 3.8) is 0 Å². The minimum absolute atomic E-state index is 0.0286. The topological polar surface area (TPSA) is 59.8 Å². The zero-order valence-electron chi connectivity index (χ0n) is 16.1. The number of benzene rings is 2. The van der Waals surface area contributed by atoms with Crippen molar-refractivity contribution >= 4 is 17.7 Å². The average Bonchev–Trinajstić information content (AvgIpc) is 3.43. The third kappa shape index (κ3) is 4.28. The van der Waals surface area contributed by atoms with Gasteiger partial charge in [-0.15, -0.1) is 10.2 Å². The van der Waals surface area contributed by atoms with Gasteiger partial charge in [0, 0.05) is 0 Å². The van der Waals surface area contributed by atoms with Gasteiger partial charge in [-0.3, -0.25) is 9.36 Å². The molecule has 1 aliphatic carbocycles. The van der Waals surface area contributed by atoms with Gasteiger partial charge < -0.3 is 5.32 Å². The number of aryl methyl sites for hydroxylation is 2.